The van der Waals surface area contributed by atoms with Gasteiger partial charge < -0.3 is 15.4 Å². The van der Waals surface area contributed by atoms with Crippen LogP contribution in [0.5, 0.6) is 5.75 Å². The Hall–Kier alpha value is -2.34. The molecule has 0 bridgehead atoms. The van der Waals surface area contributed by atoms with Crippen molar-refractivity contribution in [1.82, 2.24) is 5.32 Å². The summed E-state index contributed by atoms with van der Waals surface area (Å²) in [5, 5.41) is 6.73. The van der Waals surface area contributed by atoms with Gasteiger partial charge in [0.05, 0.1) is 5.56 Å². The van der Waals surface area contributed by atoms with Crippen LogP contribution in [0.4, 0.5) is 5.00 Å². The largest absolute Gasteiger partial charge is 0.480 e. The quantitative estimate of drug-likeness (QED) is 0.872. The van der Waals surface area contributed by atoms with Gasteiger partial charge in [0.1, 0.15) is 10.8 Å². The topological polar surface area (TPSA) is 67.4 Å². The maximum absolute atomic E-state index is 12.8. The minimum atomic E-state index is -0.538. The Labute approximate surface area is 155 Å². The number of hydrogen-bond acceptors (Lipinski definition) is 4. The maximum Gasteiger partial charge on any atom is 0.266 e. The number of carbonyl (C=O) groups excluding carboxylic acids is 2. The standard InChI is InChI=1S/C20H20N2O3S/c23-18(15-10-11-4-1-2-6-14(11)25-15)22-20-17(19(24)21-12-8-9-12)13-5-3-7-16(13)26-20/h1-2,4,6,12,15H,3,5,7-10H2,(H,21,24)(H,22,23). The summed E-state index contributed by atoms with van der Waals surface area (Å²) < 4.78 is 5.79. The van der Waals surface area contributed by atoms with E-state index in [4.69, 9.17) is 4.74 Å². The second-order valence-corrected chi connectivity index (χ2v) is 8.32. The van der Waals surface area contributed by atoms with Crippen molar-refractivity contribution < 1.29 is 14.3 Å². The predicted octanol–water partition coefficient (Wildman–Crippen LogP) is 3.07. The third-order valence-electron chi connectivity index (χ3n) is 5.24. The summed E-state index contributed by atoms with van der Waals surface area (Å²) in [7, 11) is 0. The number of benzene rings is 1. The molecule has 1 aromatic carbocycles. The van der Waals surface area contributed by atoms with Crippen LogP contribution in [0.1, 0.15) is 45.6 Å². The van der Waals surface area contributed by atoms with Gasteiger partial charge >= 0.3 is 0 Å². The Morgan fingerprint density at radius 3 is 2.81 bits per heavy atom. The van der Waals surface area contributed by atoms with Crippen LogP contribution in [-0.2, 0) is 24.1 Å². The van der Waals surface area contributed by atoms with Gasteiger partial charge in [0.2, 0.25) is 0 Å². The Balaban J connectivity index is 1.37. The molecule has 2 N–H and O–H groups in total. The van der Waals surface area contributed by atoms with E-state index in [0.29, 0.717) is 23.0 Å². The fourth-order valence-electron chi connectivity index (χ4n) is 3.74. The van der Waals surface area contributed by atoms with Gasteiger partial charge in [0, 0.05) is 17.3 Å². The highest BCUT2D eigenvalue weighted by Crippen LogP contribution is 2.40. The first-order valence-electron chi connectivity index (χ1n) is 9.20. The molecule has 0 radical (unpaired) electrons. The minimum Gasteiger partial charge on any atom is -0.480 e. The lowest BCUT2D eigenvalue weighted by atomic mass is 10.1. The van der Waals surface area contributed by atoms with Crippen LogP contribution in [0, 0.1) is 0 Å². The number of ether oxygens (including phenoxy) is 1. The lowest BCUT2D eigenvalue weighted by molar-refractivity contribution is -0.122. The maximum atomic E-state index is 12.8. The van der Waals surface area contributed by atoms with Gasteiger partial charge in [-0.1, -0.05) is 18.2 Å². The smallest absolute Gasteiger partial charge is 0.266 e. The fraction of sp³-hybridized carbons (Fsp3) is 0.400. The molecule has 1 aliphatic heterocycles. The molecule has 5 rings (SSSR count). The molecular formula is C20H20N2O3S. The molecule has 26 heavy (non-hydrogen) atoms. The second kappa shape index (κ2) is 6.13. The zero-order valence-electron chi connectivity index (χ0n) is 14.3. The molecule has 1 unspecified atom stereocenters. The van der Waals surface area contributed by atoms with E-state index < -0.39 is 6.10 Å². The highest BCUT2D eigenvalue weighted by Gasteiger charge is 2.33. The van der Waals surface area contributed by atoms with Crippen molar-refractivity contribution >= 4 is 28.2 Å². The zero-order valence-corrected chi connectivity index (χ0v) is 15.2. The number of rotatable bonds is 4. The van der Waals surface area contributed by atoms with Gasteiger partial charge in [0.15, 0.2) is 6.10 Å². The summed E-state index contributed by atoms with van der Waals surface area (Å²) in [6.07, 6.45) is 5.12. The zero-order chi connectivity index (χ0) is 17.7. The lowest BCUT2D eigenvalue weighted by Gasteiger charge is -2.12. The molecule has 1 fully saturated rings. The van der Waals surface area contributed by atoms with Crippen LogP contribution in [0.15, 0.2) is 24.3 Å². The molecule has 0 spiro atoms. The average molecular weight is 368 g/mol. The van der Waals surface area contributed by atoms with Crippen LogP contribution in [0.25, 0.3) is 0 Å². The molecule has 2 aromatic rings. The number of para-hydroxylation sites is 1. The number of thiophene rings is 1. The molecule has 2 amide bonds. The van der Waals surface area contributed by atoms with Crippen LogP contribution in [0.3, 0.4) is 0 Å². The van der Waals surface area contributed by atoms with Crippen LogP contribution >= 0.6 is 11.3 Å². The lowest BCUT2D eigenvalue weighted by Crippen LogP contribution is -2.32. The van der Waals surface area contributed by atoms with Crippen molar-refractivity contribution in [2.45, 2.75) is 50.7 Å². The molecular weight excluding hydrogens is 348 g/mol. The summed E-state index contributed by atoms with van der Waals surface area (Å²) >= 11 is 1.55. The minimum absolute atomic E-state index is 0.0437. The van der Waals surface area contributed by atoms with E-state index in [1.807, 2.05) is 24.3 Å². The Kier molecular flexibility index (Phi) is 3.74. The molecule has 134 valence electrons. The summed E-state index contributed by atoms with van der Waals surface area (Å²) in [5.41, 5.74) is 2.85. The van der Waals surface area contributed by atoms with Crippen molar-refractivity contribution in [3.8, 4) is 5.75 Å². The molecule has 0 saturated heterocycles. The highest BCUT2D eigenvalue weighted by atomic mass is 32.1. The summed E-state index contributed by atoms with van der Waals surface area (Å²) in [5.74, 6) is 0.549. The van der Waals surface area contributed by atoms with E-state index in [-0.39, 0.29) is 11.8 Å². The second-order valence-electron chi connectivity index (χ2n) is 7.22. The first-order chi connectivity index (χ1) is 12.7. The van der Waals surface area contributed by atoms with Gasteiger partial charge in [-0.3, -0.25) is 9.59 Å². The molecule has 2 heterocycles. The van der Waals surface area contributed by atoms with Crippen LogP contribution in [0.2, 0.25) is 0 Å². The molecule has 6 heteroatoms. The SMILES string of the molecule is O=C(NC1CC1)c1c(NC(=O)C2Cc3ccccc3O2)sc2c1CCC2. The molecule has 1 saturated carbocycles. The van der Waals surface area contributed by atoms with Gasteiger partial charge in [-0.05, 0) is 49.3 Å². The van der Waals surface area contributed by atoms with Crippen LogP contribution < -0.4 is 15.4 Å². The van der Waals surface area contributed by atoms with Gasteiger partial charge in [0.25, 0.3) is 11.8 Å². The van der Waals surface area contributed by atoms with Gasteiger partial charge in [-0.25, -0.2) is 0 Å². The Morgan fingerprint density at radius 2 is 2.00 bits per heavy atom. The van der Waals surface area contributed by atoms with E-state index >= 15 is 0 Å². The number of nitrogens with one attached hydrogen (secondary N) is 2. The fourth-order valence-corrected chi connectivity index (χ4v) is 5.03. The molecule has 2 aliphatic carbocycles. The Morgan fingerprint density at radius 1 is 1.15 bits per heavy atom. The third kappa shape index (κ3) is 2.78. The average Bonchev–Trinajstić information content (AvgIpc) is 3.05. The van der Waals surface area contributed by atoms with Crippen molar-refractivity contribution in [1.29, 1.82) is 0 Å². The summed E-state index contributed by atoms with van der Waals surface area (Å²) in [6, 6.07) is 8.03. The number of carbonyl (C=O) groups is 2. The number of aryl methyl sites for hydroxylation is 1. The molecule has 3 aliphatic rings. The predicted molar refractivity (Wildman–Crippen MR) is 100 cm³/mol. The molecule has 1 atom stereocenters. The van der Waals surface area contributed by atoms with E-state index in [9.17, 15) is 9.59 Å². The number of fused-ring (bicyclic) bond motifs is 2. The monoisotopic (exact) mass is 368 g/mol. The third-order valence-corrected chi connectivity index (χ3v) is 6.44. The number of anilines is 1. The van der Waals surface area contributed by atoms with Gasteiger partial charge in [-0.2, -0.15) is 0 Å². The Bertz CT molecular complexity index is 875. The highest BCUT2D eigenvalue weighted by molar-refractivity contribution is 7.17. The van der Waals surface area contributed by atoms with Crippen molar-refractivity contribution in [3.05, 3.63) is 45.8 Å². The first kappa shape index (κ1) is 15.9. The van der Waals surface area contributed by atoms with E-state index in [1.54, 1.807) is 11.3 Å². The van der Waals surface area contributed by atoms with E-state index in [2.05, 4.69) is 10.6 Å². The number of amides is 2. The molecule has 1 aromatic heterocycles. The summed E-state index contributed by atoms with van der Waals surface area (Å²) in [6.45, 7) is 0. The van der Waals surface area contributed by atoms with E-state index in [1.165, 1.54) is 4.88 Å². The van der Waals surface area contributed by atoms with Crippen molar-refractivity contribution in [3.63, 3.8) is 0 Å². The normalized spacial score (nSPS) is 20.2. The van der Waals surface area contributed by atoms with Crippen LogP contribution in [-0.4, -0.2) is 24.0 Å². The van der Waals surface area contributed by atoms with E-state index in [0.717, 1.165) is 49.0 Å². The van der Waals surface area contributed by atoms with Crippen molar-refractivity contribution in [2.75, 3.05) is 5.32 Å². The van der Waals surface area contributed by atoms with Gasteiger partial charge in [-0.15, -0.1) is 11.3 Å². The number of hydrogen-bond donors (Lipinski definition) is 2. The van der Waals surface area contributed by atoms with Crippen molar-refractivity contribution in [2.24, 2.45) is 0 Å². The summed E-state index contributed by atoms with van der Waals surface area (Å²) in [4.78, 5) is 26.7. The first-order valence-corrected chi connectivity index (χ1v) is 10.0. The molecule has 5 nitrogen and oxygen atoms in total.